The third-order valence-corrected chi connectivity index (χ3v) is 4.10. The molecule has 0 atom stereocenters. The Bertz CT molecular complexity index is 550. The second-order valence-corrected chi connectivity index (χ2v) is 5.44. The molecule has 1 aliphatic rings. The van der Waals surface area contributed by atoms with E-state index in [1.54, 1.807) is 4.90 Å². The highest BCUT2D eigenvalue weighted by Gasteiger charge is 2.26. The minimum atomic E-state index is -3.02. The lowest BCUT2D eigenvalue weighted by Crippen LogP contribution is -2.43. The molecule has 0 radical (unpaired) electrons. The highest BCUT2D eigenvalue weighted by molar-refractivity contribution is 5.95. The number of carbonyl (C=O) groups excluding carboxylic acids is 1. The molecule has 1 amide bonds. The van der Waals surface area contributed by atoms with Crippen molar-refractivity contribution in [2.75, 3.05) is 34.4 Å². The fraction of sp³-hybridized carbons (Fsp3) is 0.562. The van der Waals surface area contributed by atoms with Crippen LogP contribution in [0.15, 0.2) is 12.1 Å². The van der Waals surface area contributed by atoms with E-state index in [9.17, 15) is 13.6 Å². The summed E-state index contributed by atoms with van der Waals surface area (Å²) in [6.07, 6.45) is 1.73. The largest absolute Gasteiger partial charge is 0.493 e. The third-order valence-electron chi connectivity index (χ3n) is 4.10. The van der Waals surface area contributed by atoms with E-state index in [1.807, 2.05) is 7.05 Å². The number of methoxy groups -OCH3 is 2. The smallest absolute Gasteiger partial charge is 0.387 e. The molecule has 1 fully saturated rings. The zero-order valence-electron chi connectivity index (χ0n) is 14.0. The number of benzene rings is 1. The summed E-state index contributed by atoms with van der Waals surface area (Å²) in [5.74, 6) is -0.351. The molecule has 1 aromatic rings. The van der Waals surface area contributed by atoms with Crippen molar-refractivity contribution in [1.29, 1.82) is 0 Å². The number of halogens is 2. The topological polar surface area (TPSA) is 60.0 Å². The summed E-state index contributed by atoms with van der Waals surface area (Å²) in [6.45, 7) is -1.76. The minimum absolute atomic E-state index is 0.0307. The summed E-state index contributed by atoms with van der Waals surface area (Å²) < 4.78 is 39.7. The van der Waals surface area contributed by atoms with E-state index in [1.165, 1.54) is 26.4 Å². The normalized spacial score (nSPS) is 15.5. The Morgan fingerprint density at radius 1 is 1.21 bits per heavy atom. The Labute approximate surface area is 139 Å². The Balaban J connectivity index is 2.25. The highest BCUT2D eigenvalue weighted by atomic mass is 19.3. The van der Waals surface area contributed by atoms with Crippen LogP contribution in [0, 0.1) is 0 Å². The number of rotatable bonds is 6. The zero-order chi connectivity index (χ0) is 17.7. The lowest BCUT2D eigenvalue weighted by Gasteiger charge is -2.32. The van der Waals surface area contributed by atoms with Gasteiger partial charge in [-0.15, -0.1) is 0 Å². The van der Waals surface area contributed by atoms with Crippen molar-refractivity contribution in [2.45, 2.75) is 25.5 Å². The van der Waals surface area contributed by atoms with Gasteiger partial charge in [0.1, 0.15) is 0 Å². The van der Waals surface area contributed by atoms with Gasteiger partial charge in [-0.2, -0.15) is 8.78 Å². The summed E-state index contributed by atoms with van der Waals surface area (Å²) in [6, 6.07) is 3.19. The molecule has 0 spiro atoms. The molecule has 6 nitrogen and oxygen atoms in total. The first-order valence-electron chi connectivity index (χ1n) is 7.67. The number of nitrogens with one attached hydrogen (secondary N) is 1. The SMILES string of the molecule is CNC1CCN(C(=O)c2cc(OC)c(OC(F)F)c(OC)c2)CC1. The quantitative estimate of drug-likeness (QED) is 0.857. The number of alkyl halides is 2. The summed E-state index contributed by atoms with van der Waals surface area (Å²) in [5.41, 5.74) is 0.313. The van der Waals surface area contributed by atoms with Gasteiger partial charge >= 0.3 is 6.61 Å². The Morgan fingerprint density at radius 3 is 2.17 bits per heavy atom. The Morgan fingerprint density at radius 2 is 1.75 bits per heavy atom. The number of likely N-dealkylation sites (tertiary alicyclic amines) is 1. The van der Waals surface area contributed by atoms with Gasteiger partial charge in [-0.1, -0.05) is 0 Å². The summed E-state index contributed by atoms with van der Waals surface area (Å²) in [4.78, 5) is 14.4. The molecule has 0 aromatic heterocycles. The predicted octanol–water partition coefficient (Wildman–Crippen LogP) is 2.13. The molecule has 1 aliphatic heterocycles. The summed E-state index contributed by atoms with van der Waals surface area (Å²) in [5, 5.41) is 3.20. The number of hydrogen-bond acceptors (Lipinski definition) is 5. The molecule has 8 heteroatoms. The molecule has 1 heterocycles. The number of hydrogen-bond donors (Lipinski definition) is 1. The van der Waals surface area contributed by atoms with Gasteiger partial charge in [0.15, 0.2) is 11.5 Å². The summed E-state index contributed by atoms with van der Waals surface area (Å²) >= 11 is 0. The Kier molecular flexibility index (Phi) is 6.19. The van der Waals surface area contributed by atoms with Crippen LogP contribution in [0.2, 0.25) is 0 Å². The maximum atomic E-state index is 12.7. The van der Waals surface area contributed by atoms with Crippen LogP contribution >= 0.6 is 0 Å². The third kappa shape index (κ3) is 4.05. The van der Waals surface area contributed by atoms with Crippen molar-refractivity contribution in [1.82, 2.24) is 10.2 Å². The average Bonchev–Trinajstić information content (AvgIpc) is 2.60. The molecular weight excluding hydrogens is 322 g/mol. The van der Waals surface area contributed by atoms with Crippen LogP contribution in [-0.4, -0.2) is 57.8 Å². The van der Waals surface area contributed by atoms with Crippen LogP contribution in [0.1, 0.15) is 23.2 Å². The lowest BCUT2D eigenvalue weighted by molar-refractivity contribution is -0.0526. The molecule has 1 N–H and O–H groups in total. The number of nitrogens with zero attached hydrogens (tertiary/aromatic N) is 1. The van der Waals surface area contributed by atoms with Crippen LogP contribution in [-0.2, 0) is 0 Å². The van der Waals surface area contributed by atoms with E-state index in [2.05, 4.69) is 10.1 Å². The van der Waals surface area contributed by atoms with Crippen LogP contribution in [0.5, 0.6) is 17.2 Å². The molecular formula is C16H22F2N2O4. The number of ether oxygens (including phenoxy) is 3. The van der Waals surface area contributed by atoms with Gasteiger partial charge in [-0.25, -0.2) is 0 Å². The van der Waals surface area contributed by atoms with Gasteiger partial charge in [-0.3, -0.25) is 4.79 Å². The standard InChI is InChI=1S/C16H22F2N2O4/c1-19-11-4-6-20(7-5-11)15(21)10-8-12(22-2)14(24-16(17)18)13(9-10)23-3/h8-9,11,16,19H,4-7H2,1-3H3. The molecule has 0 bridgehead atoms. The molecule has 2 rings (SSSR count). The first-order chi connectivity index (χ1) is 11.5. The van der Waals surface area contributed by atoms with E-state index in [0.717, 1.165) is 12.8 Å². The van der Waals surface area contributed by atoms with E-state index >= 15 is 0 Å². The monoisotopic (exact) mass is 344 g/mol. The maximum absolute atomic E-state index is 12.7. The van der Waals surface area contributed by atoms with Gasteiger partial charge < -0.3 is 24.4 Å². The predicted molar refractivity (Wildman–Crippen MR) is 84.2 cm³/mol. The second-order valence-electron chi connectivity index (χ2n) is 5.44. The van der Waals surface area contributed by atoms with E-state index in [4.69, 9.17) is 9.47 Å². The van der Waals surface area contributed by atoms with Crippen molar-refractivity contribution < 1.29 is 27.8 Å². The van der Waals surface area contributed by atoms with Crippen LogP contribution in [0.3, 0.4) is 0 Å². The van der Waals surface area contributed by atoms with Crippen molar-refractivity contribution in [3.05, 3.63) is 17.7 Å². The van der Waals surface area contributed by atoms with Gasteiger partial charge in [0, 0.05) is 24.7 Å². The number of piperidine rings is 1. The summed E-state index contributed by atoms with van der Waals surface area (Å²) in [7, 11) is 4.54. The molecule has 1 aromatic carbocycles. The van der Waals surface area contributed by atoms with Gasteiger partial charge in [0.25, 0.3) is 5.91 Å². The fourth-order valence-corrected chi connectivity index (χ4v) is 2.76. The van der Waals surface area contributed by atoms with Crippen LogP contribution < -0.4 is 19.5 Å². The molecule has 0 aliphatic carbocycles. The Hall–Kier alpha value is -2.09. The molecule has 134 valence electrons. The average molecular weight is 344 g/mol. The van der Waals surface area contributed by atoms with Gasteiger partial charge in [0.05, 0.1) is 14.2 Å². The molecule has 0 saturated carbocycles. The van der Waals surface area contributed by atoms with E-state index < -0.39 is 6.61 Å². The lowest BCUT2D eigenvalue weighted by atomic mass is 10.0. The van der Waals surface area contributed by atoms with Crippen molar-refractivity contribution in [3.63, 3.8) is 0 Å². The molecule has 1 saturated heterocycles. The minimum Gasteiger partial charge on any atom is -0.493 e. The van der Waals surface area contributed by atoms with E-state index in [-0.39, 0.29) is 23.2 Å². The van der Waals surface area contributed by atoms with Crippen LogP contribution in [0.4, 0.5) is 8.78 Å². The maximum Gasteiger partial charge on any atom is 0.387 e. The van der Waals surface area contributed by atoms with Crippen molar-refractivity contribution >= 4 is 5.91 Å². The zero-order valence-corrected chi connectivity index (χ0v) is 14.0. The number of carbonyl (C=O) groups is 1. The highest BCUT2D eigenvalue weighted by Crippen LogP contribution is 2.39. The van der Waals surface area contributed by atoms with Crippen molar-refractivity contribution in [2.24, 2.45) is 0 Å². The van der Waals surface area contributed by atoms with E-state index in [0.29, 0.717) is 24.7 Å². The van der Waals surface area contributed by atoms with Crippen molar-refractivity contribution in [3.8, 4) is 17.2 Å². The molecule has 24 heavy (non-hydrogen) atoms. The van der Waals surface area contributed by atoms with Crippen LogP contribution in [0.25, 0.3) is 0 Å². The first kappa shape index (κ1) is 18.3. The second kappa shape index (κ2) is 8.14. The molecule has 0 unspecified atom stereocenters. The van der Waals surface area contributed by atoms with Gasteiger partial charge in [0.2, 0.25) is 5.75 Å². The van der Waals surface area contributed by atoms with Gasteiger partial charge in [-0.05, 0) is 32.0 Å². The fourth-order valence-electron chi connectivity index (χ4n) is 2.76. The number of amides is 1. The first-order valence-corrected chi connectivity index (χ1v) is 7.67.